The minimum atomic E-state index is 0.0579. The van der Waals surface area contributed by atoms with Gasteiger partial charge in [0.1, 0.15) is 0 Å². The fraction of sp³-hybridized carbons (Fsp3) is 0.238. The smallest absolute Gasteiger partial charge is 0.220 e. The van der Waals surface area contributed by atoms with Crippen molar-refractivity contribution >= 4 is 5.91 Å². The zero-order valence-corrected chi connectivity index (χ0v) is 14.7. The van der Waals surface area contributed by atoms with E-state index in [-0.39, 0.29) is 5.91 Å². The first kappa shape index (κ1) is 17.0. The molecule has 1 heterocycles. The van der Waals surface area contributed by atoms with Crippen LogP contribution in [0.25, 0.3) is 11.3 Å². The van der Waals surface area contributed by atoms with Crippen molar-refractivity contribution < 1.29 is 4.79 Å². The van der Waals surface area contributed by atoms with Crippen LogP contribution in [0.2, 0.25) is 0 Å². The van der Waals surface area contributed by atoms with Crippen LogP contribution >= 0.6 is 0 Å². The quantitative estimate of drug-likeness (QED) is 0.748. The van der Waals surface area contributed by atoms with E-state index in [9.17, 15) is 4.79 Å². The highest BCUT2D eigenvalue weighted by molar-refractivity contribution is 5.76. The van der Waals surface area contributed by atoms with Gasteiger partial charge in [0.05, 0.1) is 5.69 Å². The average molecular weight is 333 g/mol. The lowest BCUT2D eigenvalue weighted by Gasteiger charge is -2.06. The van der Waals surface area contributed by atoms with Gasteiger partial charge in [-0.2, -0.15) is 5.10 Å². The number of rotatable bonds is 6. The molecule has 0 saturated heterocycles. The summed E-state index contributed by atoms with van der Waals surface area (Å²) in [5, 5.41) is 7.54. The van der Waals surface area contributed by atoms with Gasteiger partial charge >= 0.3 is 0 Å². The Hall–Kier alpha value is -2.88. The Morgan fingerprint density at radius 2 is 1.80 bits per heavy atom. The molecule has 0 fully saturated rings. The second-order valence-electron chi connectivity index (χ2n) is 6.30. The van der Waals surface area contributed by atoms with Gasteiger partial charge in [-0.1, -0.05) is 60.2 Å². The first-order valence-electron chi connectivity index (χ1n) is 8.52. The number of benzene rings is 2. The van der Waals surface area contributed by atoms with Crippen molar-refractivity contribution in [2.24, 2.45) is 7.05 Å². The van der Waals surface area contributed by atoms with Crippen LogP contribution in [0.1, 0.15) is 23.1 Å². The molecule has 0 saturated carbocycles. The predicted molar refractivity (Wildman–Crippen MR) is 100.0 cm³/mol. The number of aryl methyl sites for hydroxylation is 3. The summed E-state index contributed by atoms with van der Waals surface area (Å²) in [6, 6.07) is 18.3. The molecule has 0 atom stereocenters. The predicted octanol–water partition coefficient (Wildman–Crippen LogP) is 3.64. The number of hydrogen-bond acceptors (Lipinski definition) is 2. The Bertz CT molecular complexity index is 835. The van der Waals surface area contributed by atoms with Crippen LogP contribution in [0.3, 0.4) is 0 Å². The standard InChI is InChI=1S/C21H23N3O/c1-16-8-10-18(11-9-16)21-19(15-24(2)23-21)12-13-20(25)22-14-17-6-4-3-5-7-17/h3-11,15H,12-14H2,1-2H3,(H,22,25). The molecule has 4 heteroatoms. The second-order valence-corrected chi connectivity index (χ2v) is 6.30. The Labute approximate surface area is 148 Å². The zero-order valence-electron chi connectivity index (χ0n) is 14.7. The summed E-state index contributed by atoms with van der Waals surface area (Å²) < 4.78 is 1.81. The zero-order chi connectivity index (χ0) is 17.6. The van der Waals surface area contributed by atoms with Gasteiger partial charge in [-0.3, -0.25) is 9.48 Å². The Morgan fingerprint density at radius 1 is 1.08 bits per heavy atom. The monoisotopic (exact) mass is 333 g/mol. The van der Waals surface area contributed by atoms with E-state index in [1.807, 2.05) is 48.3 Å². The highest BCUT2D eigenvalue weighted by Gasteiger charge is 2.12. The van der Waals surface area contributed by atoms with Crippen LogP contribution in [-0.2, 0) is 24.8 Å². The summed E-state index contributed by atoms with van der Waals surface area (Å²) >= 11 is 0. The van der Waals surface area contributed by atoms with Crippen LogP contribution in [0.15, 0.2) is 60.8 Å². The van der Waals surface area contributed by atoms with Crippen LogP contribution in [-0.4, -0.2) is 15.7 Å². The Balaban J connectivity index is 1.61. The molecule has 0 spiro atoms. The molecular weight excluding hydrogens is 310 g/mol. The normalized spacial score (nSPS) is 10.6. The molecule has 1 N–H and O–H groups in total. The van der Waals surface area contributed by atoms with Gasteiger partial charge in [0.15, 0.2) is 0 Å². The van der Waals surface area contributed by atoms with E-state index in [0.717, 1.165) is 22.4 Å². The molecule has 0 unspecified atom stereocenters. The van der Waals surface area contributed by atoms with Crippen molar-refractivity contribution in [2.45, 2.75) is 26.3 Å². The van der Waals surface area contributed by atoms with E-state index in [2.05, 4.69) is 41.6 Å². The SMILES string of the molecule is Cc1ccc(-c2nn(C)cc2CCC(=O)NCc2ccccc2)cc1. The molecular formula is C21H23N3O. The van der Waals surface area contributed by atoms with Crippen molar-refractivity contribution in [1.82, 2.24) is 15.1 Å². The van der Waals surface area contributed by atoms with Crippen LogP contribution in [0, 0.1) is 6.92 Å². The number of nitrogens with one attached hydrogen (secondary N) is 1. The van der Waals surface area contributed by atoms with Crippen molar-refractivity contribution in [2.75, 3.05) is 0 Å². The maximum atomic E-state index is 12.2. The lowest BCUT2D eigenvalue weighted by Crippen LogP contribution is -2.22. The number of hydrogen-bond donors (Lipinski definition) is 1. The first-order chi connectivity index (χ1) is 12.1. The summed E-state index contributed by atoms with van der Waals surface area (Å²) in [4.78, 5) is 12.2. The lowest BCUT2D eigenvalue weighted by atomic mass is 10.0. The third-order valence-electron chi connectivity index (χ3n) is 4.18. The molecule has 2 aromatic carbocycles. The number of nitrogens with zero attached hydrogens (tertiary/aromatic N) is 2. The maximum Gasteiger partial charge on any atom is 0.220 e. The Morgan fingerprint density at radius 3 is 2.52 bits per heavy atom. The fourth-order valence-corrected chi connectivity index (χ4v) is 2.81. The van der Waals surface area contributed by atoms with Gasteiger partial charge in [0.25, 0.3) is 0 Å². The molecule has 25 heavy (non-hydrogen) atoms. The van der Waals surface area contributed by atoms with E-state index >= 15 is 0 Å². The maximum absolute atomic E-state index is 12.2. The Kier molecular flexibility index (Phi) is 5.29. The van der Waals surface area contributed by atoms with Gasteiger partial charge in [-0.25, -0.2) is 0 Å². The molecule has 1 aromatic heterocycles. The van der Waals surface area contributed by atoms with Crippen molar-refractivity contribution in [3.8, 4) is 11.3 Å². The van der Waals surface area contributed by atoms with Gasteiger partial charge in [-0.05, 0) is 24.5 Å². The molecule has 0 aliphatic heterocycles. The molecule has 0 aliphatic rings. The summed E-state index contributed by atoms with van der Waals surface area (Å²) in [6.07, 6.45) is 3.13. The second kappa shape index (κ2) is 7.79. The van der Waals surface area contributed by atoms with Crippen molar-refractivity contribution in [3.63, 3.8) is 0 Å². The molecule has 3 aromatic rings. The van der Waals surface area contributed by atoms with Gasteiger partial charge in [0, 0.05) is 31.8 Å². The number of amides is 1. The number of carbonyl (C=O) groups excluding carboxylic acids is 1. The van der Waals surface area contributed by atoms with Crippen LogP contribution < -0.4 is 5.32 Å². The summed E-state index contributed by atoms with van der Waals surface area (Å²) in [6.45, 7) is 2.64. The molecule has 3 rings (SSSR count). The number of carbonyl (C=O) groups is 1. The van der Waals surface area contributed by atoms with Gasteiger partial charge in [-0.15, -0.1) is 0 Å². The van der Waals surface area contributed by atoms with Crippen LogP contribution in [0.5, 0.6) is 0 Å². The third-order valence-corrected chi connectivity index (χ3v) is 4.18. The number of aromatic nitrogens is 2. The fourth-order valence-electron chi connectivity index (χ4n) is 2.81. The molecule has 0 radical (unpaired) electrons. The molecule has 128 valence electrons. The largest absolute Gasteiger partial charge is 0.352 e. The third kappa shape index (κ3) is 4.57. The molecule has 1 amide bonds. The van der Waals surface area contributed by atoms with Crippen molar-refractivity contribution in [1.29, 1.82) is 0 Å². The van der Waals surface area contributed by atoms with E-state index in [4.69, 9.17) is 0 Å². The minimum absolute atomic E-state index is 0.0579. The summed E-state index contributed by atoms with van der Waals surface area (Å²) in [5.74, 6) is 0.0579. The highest BCUT2D eigenvalue weighted by Crippen LogP contribution is 2.23. The van der Waals surface area contributed by atoms with Gasteiger partial charge < -0.3 is 5.32 Å². The highest BCUT2D eigenvalue weighted by atomic mass is 16.1. The first-order valence-corrected chi connectivity index (χ1v) is 8.52. The topological polar surface area (TPSA) is 46.9 Å². The minimum Gasteiger partial charge on any atom is -0.352 e. The van der Waals surface area contributed by atoms with Gasteiger partial charge in [0.2, 0.25) is 5.91 Å². The molecule has 4 nitrogen and oxygen atoms in total. The summed E-state index contributed by atoms with van der Waals surface area (Å²) in [7, 11) is 1.91. The lowest BCUT2D eigenvalue weighted by molar-refractivity contribution is -0.121. The summed E-state index contributed by atoms with van der Waals surface area (Å²) in [5.41, 5.74) is 5.48. The van der Waals surface area contributed by atoms with E-state index in [1.165, 1.54) is 5.56 Å². The van der Waals surface area contributed by atoms with Crippen LogP contribution in [0.4, 0.5) is 0 Å². The van der Waals surface area contributed by atoms with E-state index in [1.54, 1.807) is 0 Å². The van der Waals surface area contributed by atoms with Crippen molar-refractivity contribution in [3.05, 3.63) is 77.5 Å². The molecule has 0 aliphatic carbocycles. The molecule has 0 bridgehead atoms. The van der Waals surface area contributed by atoms with E-state index in [0.29, 0.717) is 19.4 Å². The average Bonchev–Trinajstić information content (AvgIpc) is 3.00. The van der Waals surface area contributed by atoms with E-state index < -0.39 is 0 Å².